The first-order chi connectivity index (χ1) is 9.95. The fraction of sp³-hybridized carbons (Fsp3) is 0.438. The van der Waals surface area contributed by atoms with Crippen molar-refractivity contribution in [1.82, 2.24) is 0 Å². The number of hydrogen-bond donors (Lipinski definition) is 0. The number of rotatable bonds is 3. The largest absolute Gasteiger partial charge is 0.468 e. The highest BCUT2D eigenvalue weighted by atomic mass is 16.5. The summed E-state index contributed by atoms with van der Waals surface area (Å²) in [5.41, 5.74) is 1.12. The minimum Gasteiger partial charge on any atom is -0.468 e. The van der Waals surface area contributed by atoms with Gasteiger partial charge in [0.05, 0.1) is 20.3 Å². The molecule has 0 saturated heterocycles. The Morgan fingerprint density at radius 3 is 2.10 bits per heavy atom. The van der Waals surface area contributed by atoms with Crippen LogP contribution >= 0.6 is 0 Å². The van der Waals surface area contributed by atoms with E-state index in [4.69, 9.17) is 9.47 Å². The number of nitrogens with zero attached hydrogens (tertiary/aromatic N) is 1. The second-order valence-corrected chi connectivity index (χ2v) is 5.23. The van der Waals surface area contributed by atoms with Crippen molar-refractivity contribution in [2.45, 2.75) is 26.3 Å². The lowest BCUT2D eigenvalue weighted by molar-refractivity contribution is -0.163. The van der Waals surface area contributed by atoms with Gasteiger partial charge in [-0.05, 0) is 19.4 Å². The van der Waals surface area contributed by atoms with Crippen molar-refractivity contribution in [1.29, 1.82) is 0 Å². The van der Waals surface area contributed by atoms with Gasteiger partial charge >= 0.3 is 11.9 Å². The number of carbonyl (C=O) groups excluding carboxylic acids is 2. The molecule has 1 aliphatic heterocycles. The molecule has 0 aromatic heterocycles. The first kappa shape index (κ1) is 15.2. The summed E-state index contributed by atoms with van der Waals surface area (Å²) in [6.45, 7) is 3.67. The molecule has 5 nitrogen and oxygen atoms in total. The Labute approximate surface area is 124 Å². The first-order valence-corrected chi connectivity index (χ1v) is 6.74. The number of hydrogen-bond acceptors (Lipinski definition) is 5. The van der Waals surface area contributed by atoms with E-state index in [0.29, 0.717) is 5.71 Å². The summed E-state index contributed by atoms with van der Waals surface area (Å²) in [4.78, 5) is 28.8. The first-order valence-electron chi connectivity index (χ1n) is 6.74. The third-order valence-corrected chi connectivity index (χ3v) is 4.00. The van der Waals surface area contributed by atoms with E-state index in [1.54, 1.807) is 6.92 Å². The molecule has 1 heterocycles. The smallest absolute Gasteiger partial charge is 0.329 e. The Balaban J connectivity index is 2.40. The van der Waals surface area contributed by atoms with Gasteiger partial charge < -0.3 is 9.47 Å². The summed E-state index contributed by atoms with van der Waals surface area (Å²) in [6.07, 6.45) is 0.237. The highest BCUT2D eigenvalue weighted by Gasteiger charge is 2.56. The van der Waals surface area contributed by atoms with Crippen molar-refractivity contribution in [2.24, 2.45) is 10.4 Å². The summed E-state index contributed by atoms with van der Waals surface area (Å²) in [5, 5.41) is 0. The van der Waals surface area contributed by atoms with Gasteiger partial charge in [0.15, 0.2) is 0 Å². The van der Waals surface area contributed by atoms with E-state index in [2.05, 4.69) is 4.99 Å². The summed E-state index contributed by atoms with van der Waals surface area (Å²) < 4.78 is 9.63. The molecule has 1 atom stereocenters. The maximum atomic E-state index is 12.2. The molecular formula is C16H19NO4. The molecule has 112 valence electrons. The third-order valence-electron chi connectivity index (χ3n) is 4.00. The number of aliphatic imine (C=N–C) groups is 1. The maximum absolute atomic E-state index is 12.2. The van der Waals surface area contributed by atoms with Crippen LogP contribution in [-0.2, 0) is 19.1 Å². The molecule has 2 rings (SSSR count). The van der Waals surface area contributed by atoms with E-state index >= 15 is 0 Å². The molecule has 0 bridgehead atoms. The second kappa shape index (κ2) is 5.68. The van der Waals surface area contributed by atoms with Crippen LogP contribution < -0.4 is 0 Å². The van der Waals surface area contributed by atoms with Crippen LogP contribution in [0.4, 0.5) is 0 Å². The van der Waals surface area contributed by atoms with Gasteiger partial charge in [-0.15, -0.1) is 0 Å². The van der Waals surface area contributed by atoms with Crippen molar-refractivity contribution >= 4 is 17.7 Å². The molecule has 0 saturated carbocycles. The summed E-state index contributed by atoms with van der Waals surface area (Å²) in [7, 11) is 2.53. The van der Waals surface area contributed by atoms with Crippen LogP contribution in [0.1, 0.15) is 30.5 Å². The van der Waals surface area contributed by atoms with Crippen LogP contribution in [-0.4, -0.2) is 31.9 Å². The molecule has 5 heteroatoms. The Kier molecular flexibility index (Phi) is 4.11. The van der Waals surface area contributed by atoms with Gasteiger partial charge in [-0.25, -0.2) is 0 Å². The van der Waals surface area contributed by atoms with Gasteiger partial charge in [-0.1, -0.05) is 29.8 Å². The van der Waals surface area contributed by atoms with Crippen molar-refractivity contribution in [2.75, 3.05) is 14.2 Å². The number of aryl methyl sites for hydroxylation is 1. The van der Waals surface area contributed by atoms with E-state index in [0.717, 1.165) is 11.1 Å². The quantitative estimate of drug-likeness (QED) is 0.632. The number of benzene rings is 1. The van der Waals surface area contributed by atoms with Crippen molar-refractivity contribution in [3.8, 4) is 0 Å². The average Bonchev–Trinajstić information content (AvgIpc) is 2.85. The molecule has 0 fully saturated rings. The van der Waals surface area contributed by atoms with E-state index < -0.39 is 17.4 Å². The highest BCUT2D eigenvalue weighted by molar-refractivity contribution is 6.22. The zero-order valence-corrected chi connectivity index (χ0v) is 12.7. The van der Waals surface area contributed by atoms with Gasteiger partial charge in [-0.3, -0.25) is 14.6 Å². The van der Waals surface area contributed by atoms with Crippen LogP contribution in [0.15, 0.2) is 29.3 Å². The molecule has 0 radical (unpaired) electrons. The fourth-order valence-electron chi connectivity index (χ4n) is 2.70. The van der Waals surface area contributed by atoms with Crippen LogP contribution in [0.25, 0.3) is 0 Å². The lowest BCUT2D eigenvalue weighted by Crippen LogP contribution is -2.45. The van der Waals surface area contributed by atoms with E-state index in [1.165, 1.54) is 14.2 Å². The minimum absolute atomic E-state index is 0.237. The fourth-order valence-corrected chi connectivity index (χ4v) is 2.70. The van der Waals surface area contributed by atoms with Crippen LogP contribution in [0, 0.1) is 12.3 Å². The second-order valence-electron chi connectivity index (χ2n) is 5.23. The average molecular weight is 289 g/mol. The molecule has 0 aliphatic carbocycles. The molecule has 0 spiro atoms. The van der Waals surface area contributed by atoms with Crippen molar-refractivity contribution in [3.63, 3.8) is 0 Å². The van der Waals surface area contributed by atoms with E-state index in [9.17, 15) is 9.59 Å². The van der Waals surface area contributed by atoms with Gasteiger partial charge in [0.25, 0.3) is 0 Å². The number of esters is 2. The van der Waals surface area contributed by atoms with Gasteiger partial charge in [-0.2, -0.15) is 0 Å². The Morgan fingerprint density at radius 1 is 1.10 bits per heavy atom. The molecule has 1 aliphatic rings. The van der Waals surface area contributed by atoms with Gasteiger partial charge in [0.1, 0.15) is 0 Å². The molecule has 1 aromatic rings. The normalized spacial score (nSPS) is 19.8. The number of methoxy groups -OCH3 is 2. The Bertz CT molecular complexity index is 573. The summed E-state index contributed by atoms with van der Waals surface area (Å²) >= 11 is 0. The van der Waals surface area contributed by atoms with Crippen LogP contribution in [0.2, 0.25) is 0 Å². The zero-order chi connectivity index (χ0) is 15.6. The van der Waals surface area contributed by atoms with Crippen molar-refractivity contribution < 1.29 is 19.1 Å². The SMILES string of the molecule is COC(=O)C1(C(=O)OC)CC(c2ccc(C)cc2)N=C1C. The van der Waals surface area contributed by atoms with Crippen LogP contribution in [0.5, 0.6) is 0 Å². The predicted molar refractivity (Wildman–Crippen MR) is 78.1 cm³/mol. The van der Waals surface area contributed by atoms with E-state index in [-0.39, 0.29) is 12.5 Å². The van der Waals surface area contributed by atoms with Gasteiger partial charge in [0, 0.05) is 12.1 Å². The van der Waals surface area contributed by atoms with Crippen LogP contribution in [0.3, 0.4) is 0 Å². The summed E-state index contributed by atoms with van der Waals surface area (Å²) in [5.74, 6) is -1.24. The molecule has 21 heavy (non-hydrogen) atoms. The van der Waals surface area contributed by atoms with Gasteiger partial charge in [0.2, 0.25) is 5.41 Å². The third kappa shape index (κ3) is 2.44. The number of carbonyl (C=O) groups is 2. The number of ether oxygens (including phenoxy) is 2. The molecule has 0 N–H and O–H groups in total. The van der Waals surface area contributed by atoms with Crippen molar-refractivity contribution in [3.05, 3.63) is 35.4 Å². The molecule has 1 aromatic carbocycles. The molecule has 0 amide bonds. The minimum atomic E-state index is -1.43. The molecule has 1 unspecified atom stereocenters. The standard InChI is InChI=1S/C16H19NO4/c1-10-5-7-12(8-6-10)13-9-16(11(2)17-13,14(18)20-3)15(19)21-4/h5-8,13H,9H2,1-4H3. The topological polar surface area (TPSA) is 65.0 Å². The predicted octanol–water partition coefficient (Wildman–Crippen LogP) is 2.23. The monoisotopic (exact) mass is 289 g/mol. The Morgan fingerprint density at radius 2 is 1.62 bits per heavy atom. The lowest BCUT2D eigenvalue weighted by Gasteiger charge is -2.24. The highest BCUT2D eigenvalue weighted by Crippen LogP contribution is 2.43. The maximum Gasteiger partial charge on any atom is 0.329 e. The Hall–Kier alpha value is -2.17. The lowest BCUT2D eigenvalue weighted by atomic mass is 9.79. The van der Waals surface area contributed by atoms with E-state index in [1.807, 2.05) is 31.2 Å². The zero-order valence-electron chi connectivity index (χ0n) is 12.7. The summed E-state index contributed by atoms with van der Waals surface area (Å²) in [6, 6.07) is 7.64. The molecular weight excluding hydrogens is 270 g/mol.